The summed E-state index contributed by atoms with van der Waals surface area (Å²) in [4.78, 5) is 7.93. The van der Waals surface area contributed by atoms with Crippen molar-refractivity contribution in [1.29, 1.82) is 0 Å². The second-order valence-electron chi connectivity index (χ2n) is 6.29. The molecule has 0 bridgehead atoms. The van der Waals surface area contributed by atoms with Crippen LogP contribution < -0.4 is 5.11 Å². The number of carboxylic acids is 1. The van der Waals surface area contributed by atoms with Crippen LogP contribution in [0.4, 0.5) is 0 Å². The van der Waals surface area contributed by atoms with Gasteiger partial charge in [-0.15, -0.1) is 0 Å². The minimum Gasteiger partial charge on any atom is -0.547 e. The summed E-state index contributed by atoms with van der Waals surface area (Å²) in [6.07, 6.45) is 0. The van der Waals surface area contributed by atoms with Crippen molar-refractivity contribution in [2.24, 2.45) is 0 Å². The fraction of sp³-hybridized carbons (Fsp3) is 0.0400. The molecule has 0 atom stereocenters. The zero-order valence-corrected chi connectivity index (χ0v) is 17.4. The highest BCUT2D eigenvalue weighted by Gasteiger charge is 2.20. The van der Waals surface area contributed by atoms with E-state index >= 15 is 0 Å². The number of halogens is 2. The zero-order chi connectivity index (χ0) is 21.3. The van der Waals surface area contributed by atoms with Crippen molar-refractivity contribution in [3.8, 4) is 33.8 Å². The van der Waals surface area contributed by atoms with Crippen LogP contribution in [-0.2, 0) is 4.79 Å². The molecular formula is C25H18Cl2O3. The van der Waals surface area contributed by atoms with Gasteiger partial charge in [-0.25, -0.2) is 4.42 Å². The van der Waals surface area contributed by atoms with E-state index in [4.69, 9.17) is 27.6 Å². The molecule has 4 aromatic rings. The predicted octanol–water partition coefficient (Wildman–Crippen LogP) is 6.10. The Balaban J connectivity index is 0.000000377. The first-order valence-electron chi connectivity index (χ1n) is 9.18. The molecule has 0 amide bonds. The monoisotopic (exact) mass is 436 g/mol. The van der Waals surface area contributed by atoms with Gasteiger partial charge in [0, 0.05) is 5.56 Å². The summed E-state index contributed by atoms with van der Waals surface area (Å²) in [5, 5.41) is 9.32. The molecule has 150 valence electrons. The summed E-state index contributed by atoms with van der Waals surface area (Å²) in [7, 11) is 0. The Bertz CT molecular complexity index is 944. The molecule has 0 fully saturated rings. The smallest absolute Gasteiger partial charge is 0.361 e. The average molecular weight is 437 g/mol. The van der Waals surface area contributed by atoms with Gasteiger partial charge in [-0.05, 0) is 29.8 Å². The Morgan fingerprint density at radius 3 is 1.30 bits per heavy atom. The van der Waals surface area contributed by atoms with E-state index in [0.717, 1.165) is 28.2 Å². The molecule has 30 heavy (non-hydrogen) atoms. The topological polar surface area (TPSA) is 51.4 Å². The maximum atomic E-state index is 9.32. The summed E-state index contributed by atoms with van der Waals surface area (Å²) >= 11 is 9.43. The minimum absolute atomic E-state index is 0.871. The van der Waals surface area contributed by atoms with Crippen molar-refractivity contribution >= 4 is 29.2 Å². The largest absolute Gasteiger partial charge is 0.547 e. The normalized spacial score (nSPS) is 10.2. The van der Waals surface area contributed by atoms with E-state index in [-0.39, 0.29) is 0 Å². The van der Waals surface area contributed by atoms with E-state index in [1.165, 1.54) is 5.56 Å². The quantitative estimate of drug-likeness (QED) is 0.286. The fourth-order valence-corrected chi connectivity index (χ4v) is 2.79. The van der Waals surface area contributed by atoms with Crippen molar-refractivity contribution in [3.63, 3.8) is 0 Å². The lowest BCUT2D eigenvalue weighted by Crippen LogP contribution is -2.28. The molecule has 1 aromatic heterocycles. The number of carboxylic acid groups (broad SMARTS) is 1. The van der Waals surface area contributed by atoms with Crippen molar-refractivity contribution in [2.45, 2.75) is 4.84 Å². The summed E-state index contributed by atoms with van der Waals surface area (Å²) in [5.74, 6) is 0.282. The number of carbonyl (C=O) groups is 1. The van der Waals surface area contributed by atoms with Crippen molar-refractivity contribution in [3.05, 3.63) is 103 Å². The highest BCUT2D eigenvalue weighted by molar-refractivity contribution is 6.52. The summed E-state index contributed by atoms with van der Waals surface area (Å²) in [6, 6.07) is 35.1. The second kappa shape index (κ2) is 10.6. The summed E-state index contributed by atoms with van der Waals surface area (Å²) in [6.45, 7) is 0. The molecule has 1 heterocycles. The second-order valence-corrected chi connectivity index (χ2v) is 7.39. The maximum Gasteiger partial charge on any atom is 0.361 e. The molecule has 0 saturated carbocycles. The van der Waals surface area contributed by atoms with Gasteiger partial charge >= 0.3 is 11.5 Å². The fourth-order valence-electron chi connectivity index (χ4n) is 2.79. The summed E-state index contributed by atoms with van der Waals surface area (Å²) in [5.41, 5.74) is 4.49. The number of carbonyl (C=O) groups excluding carboxylic acids is 1. The van der Waals surface area contributed by atoms with Crippen LogP contribution in [0.1, 0.15) is 0 Å². The highest BCUT2D eigenvalue weighted by atomic mass is 35.5. The van der Waals surface area contributed by atoms with Gasteiger partial charge in [0.05, 0.1) is 29.2 Å². The van der Waals surface area contributed by atoms with Crippen LogP contribution in [0.25, 0.3) is 33.8 Å². The molecule has 0 radical (unpaired) electrons. The molecule has 0 N–H and O–H groups in total. The van der Waals surface area contributed by atoms with E-state index in [9.17, 15) is 9.90 Å². The number of aliphatic carboxylic acids is 1. The SMILES string of the molecule is O=C([O-])C(Cl)Cl.c1ccc(-c2cc(-c3ccccc3)[o+]c(-c3ccccc3)c2)cc1. The number of hydrogen-bond acceptors (Lipinski definition) is 2. The first-order chi connectivity index (χ1) is 14.5. The van der Waals surface area contributed by atoms with Crippen LogP contribution >= 0.6 is 23.2 Å². The lowest BCUT2D eigenvalue weighted by atomic mass is 10.0. The standard InChI is InChI=1S/C23H17O.C2H2Cl2O2/c1-4-10-18(11-5-1)21-16-22(19-12-6-2-7-13-19)24-23(17-21)20-14-8-3-9-15-20;3-1(4)2(5)6/h1-17H;1H,(H,5,6)/q+1;/p-1. The molecule has 5 heteroatoms. The van der Waals surface area contributed by atoms with Gasteiger partial charge in [0.25, 0.3) is 0 Å². The minimum atomic E-state index is -1.46. The van der Waals surface area contributed by atoms with Gasteiger partial charge in [-0.2, -0.15) is 0 Å². The third-order valence-corrected chi connectivity index (χ3v) is 4.55. The lowest BCUT2D eigenvalue weighted by Gasteiger charge is -2.02. The van der Waals surface area contributed by atoms with Gasteiger partial charge in [-0.3, -0.25) is 0 Å². The van der Waals surface area contributed by atoms with Crippen molar-refractivity contribution in [1.82, 2.24) is 0 Å². The third-order valence-electron chi connectivity index (χ3n) is 4.20. The maximum absolute atomic E-state index is 9.32. The zero-order valence-electron chi connectivity index (χ0n) is 15.9. The van der Waals surface area contributed by atoms with Gasteiger partial charge in [-0.1, -0.05) is 89.9 Å². The molecule has 3 nitrogen and oxygen atoms in total. The van der Waals surface area contributed by atoms with Crippen LogP contribution in [0, 0.1) is 0 Å². The Morgan fingerprint density at radius 1 is 0.633 bits per heavy atom. The highest BCUT2D eigenvalue weighted by Crippen LogP contribution is 2.32. The van der Waals surface area contributed by atoms with Crippen LogP contribution in [0.2, 0.25) is 0 Å². The molecular weight excluding hydrogens is 419 g/mol. The average Bonchev–Trinajstić information content (AvgIpc) is 2.81. The van der Waals surface area contributed by atoms with E-state index in [1.807, 2.05) is 42.5 Å². The predicted molar refractivity (Wildman–Crippen MR) is 120 cm³/mol. The van der Waals surface area contributed by atoms with Crippen LogP contribution in [0.15, 0.2) is 108 Å². The number of rotatable bonds is 4. The Labute approximate surface area is 185 Å². The summed E-state index contributed by atoms with van der Waals surface area (Å²) < 4.78 is 6.21. The molecule has 3 aromatic carbocycles. The van der Waals surface area contributed by atoms with Crippen molar-refractivity contribution in [2.75, 3.05) is 0 Å². The molecule has 0 unspecified atom stereocenters. The molecule has 4 rings (SSSR count). The molecule has 0 aliphatic carbocycles. The van der Waals surface area contributed by atoms with E-state index in [1.54, 1.807) is 0 Å². The van der Waals surface area contributed by atoms with Gasteiger partial charge < -0.3 is 9.90 Å². The molecule has 0 aliphatic rings. The molecule has 0 aliphatic heterocycles. The number of hydrogen-bond donors (Lipinski definition) is 0. The lowest BCUT2D eigenvalue weighted by molar-refractivity contribution is -0.303. The molecule has 0 spiro atoms. The third kappa shape index (κ3) is 5.93. The van der Waals surface area contributed by atoms with Gasteiger partial charge in [0.15, 0.2) is 0 Å². The molecule has 0 saturated heterocycles. The Hall–Kier alpha value is -3.14. The van der Waals surface area contributed by atoms with Crippen LogP contribution in [-0.4, -0.2) is 10.8 Å². The van der Waals surface area contributed by atoms with Gasteiger partial charge in [0.2, 0.25) is 0 Å². The van der Waals surface area contributed by atoms with Crippen molar-refractivity contribution < 1.29 is 14.3 Å². The van der Waals surface area contributed by atoms with E-state index in [0.29, 0.717) is 0 Å². The van der Waals surface area contributed by atoms with Gasteiger partial charge in [0.1, 0.15) is 4.84 Å². The number of benzene rings is 3. The van der Waals surface area contributed by atoms with Crippen LogP contribution in [0.5, 0.6) is 0 Å². The van der Waals surface area contributed by atoms with E-state index < -0.39 is 10.8 Å². The first kappa shape index (κ1) is 21.6. The van der Waals surface area contributed by atoms with E-state index in [2.05, 4.69) is 60.7 Å². The van der Waals surface area contributed by atoms with Crippen LogP contribution in [0.3, 0.4) is 0 Å². The Kier molecular flexibility index (Phi) is 7.61. The number of alkyl halides is 2. The first-order valence-corrected chi connectivity index (χ1v) is 10.1. The Morgan fingerprint density at radius 2 is 0.967 bits per heavy atom.